The minimum atomic E-state index is -1.07. The maximum atomic E-state index is 10.9. The van der Waals surface area contributed by atoms with E-state index >= 15 is 0 Å². The summed E-state index contributed by atoms with van der Waals surface area (Å²) in [6.07, 6.45) is 0. The number of anilines is 1. The molecule has 0 aliphatic heterocycles. The molecule has 0 fully saturated rings. The molecule has 0 bridgehead atoms. The number of halogens is 1. The second kappa shape index (κ2) is 5.93. The lowest BCUT2D eigenvalue weighted by Crippen LogP contribution is -2.02. The first-order chi connectivity index (χ1) is 8.16. The van der Waals surface area contributed by atoms with Crippen molar-refractivity contribution in [1.29, 1.82) is 0 Å². The molecule has 0 amide bonds. The Morgan fingerprint density at radius 2 is 1.72 bits per heavy atom. The van der Waals surface area contributed by atoms with Crippen molar-refractivity contribution in [2.24, 2.45) is 0 Å². The van der Waals surface area contributed by atoms with Crippen LogP contribution in [-0.4, -0.2) is 11.1 Å². The Kier molecular flexibility index (Phi) is 4.57. The Bertz CT molecular complexity index is 543. The first-order valence-electron chi connectivity index (χ1n) is 5.02. The van der Waals surface area contributed by atoms with Crippen molar-refractivity contribution < 1.29 is 14.6 Å². The van der Waals surface area contributed by atoms with Crippen molar-refractivity contribution >= 4 is 24.1 Å². The molecule has 3 N–H and O–H groups in total. The van der Waals surface area contributed by atoms with E-state index in [0.717, 1.165) is 0 Å². The number of aromatic carboxylic acids is 1. The lowest BCUT2D eigenvalue weighted by Gasteiger charge is -2.07. The second-order valence-electron chi connectivity index (χ2n) is 3.47. The largest absolute Gasteiger partial charge is 0.478 e. The van der Waals surface area contributed by atoms with Crippen molar-refractivity contribution in [1.82, 2.24) is 0 Å². The normalized spacial score (nSPS) is 9.33. The molecule has 0 saturated heterocycles. The van der Waals surface area contributed by atoms with Crippen LogP contribution in [0.25, 0.3) is 0 Å². The van der Waals surface area contributed by atoms with Crippen LogP contribution < -0.4 is 10.5 Å². The molecule has 2 rings (SSSR count). The van der Waals surface area contributed by atoms with Gasteiger partial charge in [0.2, 0.25) is 0 Å². The van der Waals surface area contributed by atoms with Crippen molar-refractivity contribution in [3.05, 3.63) is 54.1 Å². The Balaban J connectivity index is 0.00000162. The second-order valence-corrected chi connectivity index (χ2v) is 3.47. The predicted octanol–water partition coefficient (Wildman–Crippen LogP) is 3.18. The zero-order valence-corrected chi connectivity index (χ0v) is 10.2. The molecule has 0 saturated carbocycles. The predicted molar refractivity (Wildman–Crippen MR) is 71.6 cm³/mol. The summed E-state index contributed by atoms with van der Waals surface area (Å²) in [5, 5.41) is 8.92. The van der Waals surface area contributed by atoms with Gasteiger partial charge in [-0.1, -0.05) is 18.2 Å². The number of ether oxygens (including phenoxy) is 1. The zero-order valence-electron chi connectivity index (χ0n) is 9.37. The molecule has 0 aliphatic rings. The van der Waals surface area contributed by atoms with Crippen molar-refractivity contribution in [2.45, 2.75) is 0 Å². The minimum Gasteiger partial charge on any atom is -0.478 e. The number of para-hydroxylation sites is 1. The average Bonchev–Trinajstić information content (AvgIpc) is 2.32. The molecule has 0 unspecified atom stereocenters. The van der Waals surface area contributed by atoms with E-state index in [0.29, 0.717) is 11.5 Å². The summed E-state index contributed by atoms with van der Waals surface area (Å²) in [5.41, 5.74) is 5.81. The van der Waals surface area contributed by atoms with Crippen LogP contribution in [0.15, 0.2) is 48.5 Å². The summed E-state index contributed by atoms with van der Waals surface area (Å²) in [7, 11) is 0. The Morgan fingerprint density at radius 1 is 1.06 bits per heavy atom. The lowest BCUT2D eigenvalue weighted by molar-refractivity contribution is 0.0697. The van der Waals surface area contributed by atoms with Gasteiger partial charge in [-0.25, -0.2) is 4.79 Å². The molecular formula is C13H12ClNO3. The van der Waals surface area contributed by atoms with Gasteiger partial charge in [0.1, 0.15) is 11.5 Å². The van der Waals surface area contributed by atoms with Crippen molar-refractivity contribution in [3.8, 4) is 11.5 Å². The SMILES string of the molecule is Cl.Nc1ccc(Oc2ccccc2)cc1C(=O)O. The fraction of sp³-hybridized carbons (Fsp3) is 0. The maximum Gasteiger partial charge on any atom is 0.337 e. The van der Waals surface area contributed by atoms with Crippen molar-refractivity contribution in [3.63, 3.8) is 0 Å². The van der Waals surface area contributed by atoms with Gasteiger partial charge in [-0.3, -0.25) is 0 Å². The van der Waals surface area contributed by atoms with E-state index in [2.05, 4.69) is 0 Å². The van der Waals surface area contributed by atoms with Crippen LogP contribution in [0.5, 0.6) is 11.5 Å². The van der Waals surface area contributed by atoms with Gasteiger partial charge < -0.3 is 15.6 Å². The summed E-state index contributed by atoms with van der Waals surface area (Å²) in [6, 6.07) is 13.7. The van der Waals surface area contributed by atoms with E-state index in [9.17, 15) is 4.79 Å². The standard InChI is InChI=1S/C13H11NO3.ClH/c14-12-7-6-10(8-11(12)13(15)16)17-9-4-2-1-3-5-9;/h1-8H,14H2,(H,15,16);1H. The van der Waals surface area contributed by atoms with Crippen LogP contribution in [0.3, 0.4) is 0 Å². The summed E-state index contributed by atoms with van der Waals surface area (Å²) in [6.45, 7) is 0. The average molecular weight is 266 g/mol. The third-order valence-electron chi connectivity index (χ3n) is 2.23. The van der Waals surface area contributed by atoms with Gasteiger partial charge in [0.05, 0.1) is 5.56 Å². The molecule has 2 aromatic carbocycles. The summed E-state index contributed by atoms with van der Waals surface area (Å²) >= 11 is 0. The van der Waals surface area contributed by atoms with Crippen LogP contribution in [0.2, 0.25) is 0 Å². The molecule has 4 nitrogen and oxygen atoms in total. The van der Waals surface area contributed by atoms with E-state index in [1.165, 1.54) is 12.1 Å². The fourth-order valence-corrected chi connectivity index (χ4v) is 1.41. The van der Waals surface area contributed by atoms with Gasteiger partial charge >= 0.3 is 5.97 Å². The topological polar surface area (TPSA) is 72.5 Å². The van der Waals surface area contributed by atoms with Crippen LogP contribution in [0.4, 0.5) is 5.69 Å². The van der Waals surface area contributed by atoms with E-state index in [1.54, 1.807) is 18.2 Å². The van der Waals surface area contributed by atoms with Crippen LogP contribution in [-0.2, 0) is 0 Å². The molecule has 0 spiro atoms. The van der Waals surface area contributed by atoms with Gasteiger partial charge in [-0.15, -0.1) is 12.4 Å². The van der Waals surface area contributed by atoms with Gasteiger partial charge in [-0.05, 0) is 30.3 Å². The first-order valence-corrected chi connectivity index (χ1v) is 5.02. The molecule has 0 aromatic heterocycles. The number of nitrogen functional groups attached to an aromatic ring is 1. The van der Waals surface area contributed by atoms with Gasteiger partial charge in [0, 0.05) is 5.69 Å². The van der Waals surface area contributed by atoms with Crippen LogP contribution >= 0.6 is 12.4 Å². The number of benzene rings is 2. The molecule has 5 heteroatoms. The van der Waals surface area contributed by atoms with E-state index in [4.69, 9.17) is 15.6 Å². The molecule has 0 aliphatic carbocycles. The molecule has 94 valence electrons. The number of nitrogens with two attached hydrogens (primary N) is 1. The van der Waals surface area contributed by atoms with E-state index in [1.807, 2.05) is 18.2 Å². The molecule has 0 radical (unpaired) electrons. The maximum absolute atomic E-state index is 10.9. The molecule has 0 atom stereocenters. The third kappa shape index (κ3) is 3.15. The number of rotatable bonds is 3. The van der Waals surface area contributed by atoms with E-state index in [-0.39, 0.29) is 23.7 Å². The summed E-state index contributed by atoms with van der Waals surface area (Å²) < 4.78 is 5.51. The van der Waals surface area contributed by atoms with Crippen molar-refractivity contribution in [2.75, 3.05) is 5.73 Å². The number of carboxylic acid groups (broad SMARTS) is 1. The lowest BCUT2D eigenvalue weighted by atomic mass is 10.2. The molecule has 0 heterocycles. The number of carbonyl (C=O) groups is 1. The highest BCUT2D eigenvalue weighted by molar-refractivity contribution is 5.94. The highest BCUT2D eigenvalue weighted by atomic mass is 35.5. The Labute approximate surface area is 110 Å². The monoisotopic (exact) mass is 265 g/mol. The summed E-state index contributed by atoms with van der Waals surface area (Å²) in [5.74, 6) is 0.0254. The number of hydrogen-bond donors (Lipinski definition) is 2. The van der Waals surface area contributed by atoms with Crippen LogP contribution in [0, 0.1) is 0 Å². The Morgan fingerprint density at radius 3 is 2.33 bits per heavy atom. The third-order valence-corrected chi connectivity index (χ3v) is 2.23. The van der Waals surface area contributed by atoms with Gasteiger partial charge in [-0.2, -0.15) is 0 Å². The Hall–Kier alpha value is -2.20. The molecule has 2 aromatic rings. The fourth-order valence-electron chi connectivity index (χ4n) is 1.41. The van der Waals surface area contributed by atoms with Gasteiger partial charge in [0.15, 0.2) is 0 Å². The number of carboxylic acids is 1. The van der Waals surface area contributed by atoms with E-state index < -0.39 is 5.97 Å². The zero-order chi connectivity index (χ0) is 12.3. The quantitative estimate of drug-likeness (QED) is 0.836. The first kappa shape index (κ1) is 13.9. The highest BCUT2D eigenvalue weighted by Crippen LogP contribution is 2.24. The van der Waals surface area contributed by atoms with Gasteiger partial charge in [0.25, 0.3) is 0 Å². The molecule has 18 heavy (non-hydrogen) atoms. The highest BCUT2D eigenvalue weighted by Gasteiger charge is 2.09. The number of hydrogen-bond acceptors (Lipinski definition) is 3. The molecular weight excluding hydrogens is 254 g/mol. The van der Waals surface area contributed by atoms with Crippen LogP contribution in [0.1, 0.15) is 10.4 Å². The summed E-state index contributed by atoms with van der Waals surface area (Å²) in [4.78, 5) is 10.9. The minimum absolute atomic E-state index is 0. The smallest absolute Gasteiger partial charge is 0.337 e.